The molecule has 2 amide bonds. The summed E-state index contributed by atoms with van der Waals surface area (Å²) < 4.78 is 10.5. The van der Waals surface area contributed by atoms with Gasteiger partial charge in [-0.15, -0.1) is 0 Å². The third-order valence-electron chi connectivity index (χ3n) is 6.03. The monoisotopic (exact) mass is 598 g/mol. The highest BCUT2D eigenvalue weighted by Crippen LogP contribution is 2.25. The van der Waals surface area contributed by atoms with Gasteiger partial charge in [0.2, 0.25) is 5.91 Å². The molecule has 0 bridgehead atoms. The molecule has 8 nitrogen and oxygen atoms in total. The molecule has 2 N–H and O–H groups in total. The van der Waals surface area contributed by atoms with Crippen molar-refractivity contribution in [3.05, 3.63) is 106 Å². The number of hydrogen-bond donors (Lipinski definition) is 2. The standard InChI is InChI=1S/C31H32Cl2N2O6/c1-20(2)16-26(35-31(39)41-18-22-12-7-4-8-13-22)29(37)34-25(17-21-10-5-3-6-11-21)27(36)19-40-30(38)28-23(32)14-9-15-24(28)33/h3-15,20,25-26H,16-19H2,1-2H3,(H,34,37)(H,35,39)/t25-,26+/m0/s1. The lowest BCUT2D eigenvalue weighted by Crippen LogP contribution is -2.53. The summed E-state index contributed by atoms with van der Waals surface area (Å²) in [6.07, 6.45) is -0.313. The van der Waals surface area contributed by atoms with Crippen LogP contribution in [0, 0.1) is 5.92 Å². The molecule has 3 aromatic carbocycles. The number of Topliss-reactive ketones (excluding diaryl/α,β-unsaturated/α-hetero) is 1. The van der Waals surface area contributed by atoms with Gasteiger partial charge in [-0.2, -0.15) is 0 Å². The number of rotatable bonds is 13. The number of benzene rings is 3. The molecule has 3 rings (SSSR count). The van der Waals surface area contributed by atoms with E-state index in [0.29, 0.717) is 6.42 Å². The molecule has 2 atom stereocenters. The van der Waals surface area contributed by atoms with Gasteiger partial charge in [-0.3, -0.25) is 9.59 Å². The van der Waals surface area contributed by atoms with Crippen molar-refractivity contribution in [2.24, 2.45) is 5.92 Å². The molecule has 0 unspecified atom stereocenters. The van der Waals surface area contributed by atoms with Gasteiger partial charge in [-0.05, 0) is 42.0 Å². The number of alkyl carbamates (subject to hydrolysis) is 1. The third-order valence-corrected chi connectivity index (χ3v) is 6.66. The molecule has 0 heterocycles. The third kappa shape index (κ3) is 10.2. The number of carbonyl (C=O) groups excluding carboxylic acids is 4. The van der Waals surface area contributed by atoms with E-state index >= 15 is 0 Å². The molecule has 0 aliphatic rings. The molecule has 0 saturated carbocycles. The minimum Gasteiger partial charge on any atom is -0.454 e. The van der Waals surface area contributed by atoms with E-state index < -0.39 is 42.4 Å². The van der Waals surface area contributed by atoms with E-state index in [2.05, 4.69) is 10.6 Å². The molecule has 216 valence electrons. The number of amides is 2. The topological polar surface area (TPSA) is 111 Å². The van der Waals surface area contributed by atoms with Crippen molar-refractivity contribution >= 4 is 47.0 Å². The molecule has 0 aliphatic heterocycles. The second kappa shape index (κ2) is 15.8. The first-order valence-electron chi connectivity index (χ1n) is 13.1. The quantitative estimate of drug-likeness (QED) is 0.241. The fourth-order valence-electron chi connectivity index (χ4n) is 3.98. The Morgan fingerprint density at radius 1 is 0.732 bits per heavy atom. The van der Waals surface area contributed by atoms with Crippen LogP contribution in [-0.2, 0) is 32.1 Å². The number of esters is 1. The molecule has 0 aromatic heterocycles. The zero-order valence-electron chi connectivity index (χ0n) is 22.8. The lowest BCUT2D eigenvalue weighted by molar-refractivity contribution is -0.130. The minimum atomic E-state index is -1.05. The first kappa shape index (κ1) is 31.6. The molecule has 0 radical (unpaired) electrons. The second-order valence-electron chi connectivity index (χ2n) is 9.78. The molecular weight excluding hydrogens is 567 g/mol. The summed E-state index contributed by atoms with van der Waals surface area (Å²) in [5.41, 5.74) is 1.53. The smallest absolute Gasteiger partial charge is 0.408 e. The maximum Gasteiger partial charge on any atom is 0.408 e. The van der Waals surface area contributed by atoms with Gasteiger partial charge in [-0.25, -0.2) is 9.59 Å². The van der Waals surface area contributed by atoms with Crippen molar-refractivity contribution in [1.82, 2.24) is 10.6 Å². The Hall–Kier alpha value is -3.88. The average Bonchev–Trinajstić information content (AvgIpc) is 2.95. The maximum absolute atomic E-state index is 13.4. The van der Waals surface area contributed by atoms with Crippen molar-refractivity contribution < 1.29 is 28.7 Å². The van der Waals surface area contributed by atoms with Gasteiger partial charge in [-0.1, -0.05) is 104 Å². The highest BCUT2D eigenvalue weighted by molar-refractivity contribution is 6.39. The van der Waals surface area contributed by atoms with Crippen molar-refractivity contribution in [1.29, 1.82) is 0 Å². The number of nitrogens with one attached hydrogen (secondary N) is 2. The van der Waals surface area contributed by atoms with E-state index in [1.165, 1.54) is 12.1 Å². The van der Waals surface area contributed by atoms with E-state index in [9.17, 15) is 19.2 Å². The second-order valence-corrected chi connectivity index (χ2v) is 10.6. The van der Waals surface area contributed by atoms with E-state index in [1.807, 2.05) is 74.5 Å². The van der Waals surface area contributed by atoms with Crippen LogP contribution in [0.2, 0.25) is 10.0 Å². The Bertz CT molecular complexity index is 1310. The molecule has 41 heavy (non-hydrogen) atoms. The summed E-state index contributed by atoms with van der Waals surface area (Å²) in [7, 11) is 0. The van der Waals surface area contributed by atoms with E-state index in [1.54, 1.807) is 6.07 Å². The summed E-state index contributed by atoms with van der Waals surface area (Å²) in [5, 5.41) is 5.52. The Morgan fingerprint density at radius 3 is 1.90 bits per heavy atom. The summed E-state index contributed by atoms with van der Waals surface area (Å²) in [6, 6.07) is 20.8. The van der Waals surface area contributed by atoms with Crippen LogP contribution in [0.1, 0.15) is 41.8 Å². The highest BCUT2D eigenvalue weighted by atomic mass is 35.5. The predicted molar refractivity (Wildman–Crippen MR) is 157 cm³/mol. The summed E-state index contributed by atoms with van der Waals surface area (Å²) >= 11 is 12.2. The van der Waals surface area contributed by atoms with Crippen molar-refractivity contribution in [3.8, 4) is 0 Å². The van der Waals surface area contributed by atoms with Gasteiger partial charge < -0.3 is 20.1 Å². The highest BCUT2D eigenvalue weighted by Gasteiger charge is 2.29. The van der Waals surface area contributed by atoms with E-state index in [0.717, 1.165) is 11.1 Å². The van der Waals surface area contributed by atoms with Gasteiger partial charge in [0.05, 0.1) is 21.7 Å². The first-order valence-corrected chi connectivity index (χ1v) is 13.8. The fourth-order valence-corrected chi connectivity index (χ4v) is 4.53. The molecule has 0 spiro atoms. The molecule has 0 fully saturated rings. The number of hydrogen-bond acceptors (Lipinski definition) is 6. The fraction of sp³-hybridized carbons (Fsp3) is 0.290. The van der Waals surface area contributed by atoms with Crippen LogP contribution in [0.4, 0.5) is 4.79 Å². The van der Waals surface area contributed by atoms with Crippen LogP contribution in [0.3, 0.4) is 0 Å². The zero-order chi connectivity index (χ0) is 29.8. The predicted octanol–water partition coefficient (Wildman–Crippen LogP) is 5.79. The Balaban J connectivity index is 1.70. The van der Waals surface area contributed by atoms with Crippen LogP contribution in [0.25, 0.3) is 0 Å². The number of ether oxygens (including phenoxy) is 2. The lowest BCUT2D eigenvalue weighted by Gasteiger charge is -2.24. The van der Waals surface area contributed by atoms with Crippen molar-refractivity contribution in [2.45, 2.75) is 45.4 Å². The maximum atomic E-state index is 13.4. The van der Waals surface area contributed by atoms with Gasteiger partial charge in [0.25, 0.3) is 0 Å². The van der Waals surface area contributed by atoms with Gasteiger partial charge >= 0.3 is 12.1 Å². The molecule has 0 aliphatic carbocycles. The largest absolute Gasteiger partial charge is 0.454 e. The van der Waals surface area contributed by atoms with Crippen LogP contribution in [0.5, 0.6) is 0 Å². The Labute approximate surface area is 249 Å². The van der Waals surface area contributed by atoms with Crippen LogP contribution >= 0.6 is 23.2 Å². The lowest BCUT2D eigenvalue weighted by atomic mass is 10.00. The number of halogens is 2. The number of ketones is 1. The van der Waals surface area contributed by atoms with Crippen LogP contribution < -0.4 is 10.6 Å². The van der Waals surface area contributed by atoms with Gasteiger partial charge in [0, 0.05) is 0 Å². The Kier molecular flexibility index (Phi) is 12.2. The summed E-state index contributed by atoms with van der Waals surface area (Å²) in [5.74, 6) is -1.93. The SMILES string of the molecule is CC(C)C[C@@H](NC(=O)OCc1ccccc1)C(=O)N[C@@H](Cc1ccccc1)C(=O)COC(=O)c1c(Cl)cccc1Cl. The Morgan fingerprint density at radius 2 is 1.32 bits per heavy atom. The van der Waals surface area contributed by atoms with Crippen LogP contribution in [0.15, 0.2) is 78.9 Å². The van der Waals surface area contributed by atoms with Crippen LogP contribution in [-0.4, -0.2) is 42.4 Å². The summed E-state index contributed by atoms with van der Waals surface area (Å²) in [4.78, 5) is 51.8. The molecule has 3 aromatic rings. The normalized spacial score (nSPS) is 12.2. The number of carbonyl (C=O) groups is 4. The van der Waals surface area contributed by atoms with Gasteiger partial charge in [0.15, 0.2) is 12.4 Å². The molecule has 0 saturated heterocycles. The first-order chi connectivity index (χ1) is 19.6. The minimum absolute atomic E-state index is 0.0403. The van der Waals surface area contributed by atoms with Crippen molar-refractivity contribution in [3.63, 3.8) is 0 Å². The molecule has 10 heteroatoms. The zero-order valence-corrected chi connectivity index (χ0v) is 24.3. The summed E-state index contributed by atoms with van der Waals surface area (Å²) in [6.45, 7) is 3.23. The average molecular weight is 600 g/mol. The van der Waals surface area contributed by atoms with Gasteiger partial charge in [0.1, 0.15) is 12.6 Å². The van der Waals surface area contributed by atoms with E-state index in [-0.39, 0.29) is 34.6 Å². The van der Waals surface area contributed by atoms with Crippen molar-refractivity contribution in [2.75, 3.05) is 6.61 Å². The van der Waals surface area contributed by atoms with E-state index in [4.69, 9.17) is 32.7 Å². The molecular formula is C31H32Cl2N2O6.